The van der Waals surface area contributed by atoms with E-state index in [0.717, 1.165) is 11.1 Å². The lowest BCUT2D eigenvalue weighted by Crippen LogP contribution is -2.43. The first-order chi connectivity index (χ1) is 21.8. The molecule has 3 aromatic carbocycles. The Kier molecular flexibility index (Phi) is 9.83. The van der Waals surface area contributed by atoms with Crippen LogP contribution in [-0.4, -0.2) is 42.2 Å². The summed E-state index contributed by atoms with van der Waals surface area (Å²) in [5.74, 6) is 1.17. The van der Waals surface area contributed by atoms with Gasteiger partial charge in [0.2, 0.25) is 0 Å². The van der Waals surface area contributed by atoms with Crippen LogP contribution in [0.2, 0.25) is 0 Å². The van der Waals surface area contributed by atoms with E-state index in [1.807, 2.05) is 64.1 Å². The second-order valence-corrected chi connectivity index (χ2v) is 11.4. The Morgan fingerprint density at radius 1 is 1.00 bits per heavy atom. The molecule has 234 valence electrons. The van der Waals surface area contributed by atoms with Crippen molar-refractivity contribution >= 4 is 23.3 Å². The molecule has 5 rings (SSSR count). The molecule has 1 aliphatic rings. The molecule has 1 aromatic heterocycles. The molecule has 0 bridgehead atoms. The van der Waals surface area contributed by atoms with Gasteiger partial charge in [0.25, 0.3) is 11.5 Å². The van der Waals surface area contributed by atoms with Crippen LogP contribution in [0.5, 0.6) is 17.2 Å². The number of likely N-dealkylation sites (N-methyl/N-ethyl adjacent to an activating group) is 1. The van der Waals surface area contributed by atoms with Crippen molar-refractivity contribution in [2.75, 3.05) is 26.8 Å². The van der Waals surface area contributed by atoms with Gasteiger partial charge >= 0.3 is 0 Å². The fourth-order valence-electron chi connectivity index (χ4n) is 5.36. The van der Waals surface area contributed by atoms with Crippen molar-refractivity contribution in [3.8, 4) is 17.2 Å². The van der Waals surface area contributed by atoms with Gasteiger partial charge in [-0.1, -0.05) is 47.7 Å². The molecule has 8 nitrogen and oxygen atoms in total. The van der Waals surface area contributed by atoms with Gasteiger partial charge in [0.15, 0.2) is 16.3 Å². The first-order valence-electron chi connectivity index (χ1n) is 14.9. The van der Waals surface area contributed by atoms with Crippen LogP contribution < -0.4 is 29.1 Å². The van der Waals surface area contributed by atoms with Crippen molar-refractivity contribution in [2.45, 2.75) is 40.3 Å². The molecule has 0 fully saturated rings. The summed E-state index contributed by atoms with van der Waals surface area (Å²) in [6.07, 6.45) is 1.79. The summed E-state index contributed by atoms with van der Waals surface area (Å²) in [7, 11) is 1.58. The van der Waals surface area contributed by atoms with Crippen molar-refractivity contribution < 1.29 is 23.4 Å². The van der Waals surface area contributed by atoms with Crippen LogP contribution in [0.4, 0.5) is 4.39 Å². The maximum absolute atomic E-state index is 14.2. The number of ether oxygens (including phenoxy) is 3. The molecule has 2 heterocycles. The Balaban J connectivity index is 1.59. The monoisotopic (exact) mass is 629 g/mol. The highest BCUT2D eigenvalue weighted by atomic mass is 32.1. The van der Waals surface area contributed by atoms with Gasteiger partial charge in [-0.3, -0.25) is 14.2 Å². The number of halogens is 1. The molecule has 4 aromatic rings. The van der Waals surface area contributed by atoms with Crippen molar-refractivity contribution in [3.63, 3.8) is 0 Å². The van der Waals surface area contributed by atoms with E-state index in [1.54, 1.807) is 40.9 Å². The number of para-hydroxylation sites is 1. The van der Waals surface area contributed by atoms with E-state index in [4.69, 9.17) is 19.2 Å². The Hall–Kier alpha value is -4.70. The number of hydrogen-bond donors (Lipinski definition) is 0. The molecule has 1 amide bonds. The van der Waals surface area contributed by atoms with Gasteiger partial charge in [-0.2, -0.15) is 0 Å². The standard InChI is InChI=1S/C35H36FN3O5S/c1-6-38(7-2)34(41)31-22(4)37-35-39(32(31)26-11-9-10-12-27(26)42-5)33(40)30(45-35)20-24-15-18-28(29(19-24)43-8-3)44-21-23-13-16-25(36)17-14-23/h9-20,32H,6-8,21H2,1-5H3/b30-20+/t32-/m1/s1. The number of carbonyl (C=O) groups is 1. The summed E-state index contributed by atoms with van der Waals surface area (Å²) < 4.78 is 32.9. The summed E-state index contributed by atoms with van der Waals surface area (Å²) in [4.78, 5) is 35.0. The Labute approximate surface area is 265 Å². The Morgan fingerprint density at radius 3 is 2.42 bits per heavy atom. The van der Waals surface area contributed by atoms with Gasteiger partial charge < -0.3 is 19.1 Å². The number of amides is 1. The maximum atomic E-state index is 14.2. The van der Waals surface area contributed by atoms with Crippen molar-refractivity contribution in [2.24, 2.45) is 4.99 Å². The van der Waals surface area contributed by atoms with Crippen molar-refractivity contribution in [1.82, 2.24) is 9.47 Å². The molecule has 45 heavy (non-hydrogen) atoms. The molecule has 0 N–H and O–H groups in total. The number of nitrogens with zero attached hydrogens (tertiary/aromatic N) is 3. The van der Waals surface area contributed by atoms with Gasteiger partial charge in [-0.25, -0.2) is 9.38 Å². The molecule has 0 radical (unpaired) electrons. The van der Waals surface area contributed by atoms with E-state index >= 15 is 0 Å². The molecular weight excluding hydrogens is 593 g/mol. The van der Waals surface area contributed by atoms with Gasteiger partial charge in [-0.15, -0.1) is 0 Å². The number of carbonyl (C=O) groups excluding carboxylic acids is 1. The smallest absolute Gasteiger partial charge is 0.271 e. The molecule has 10 heteroatoms. The van der Waals surface area contributed by atoms with E-state index in [2.05, 4.69) is 0 Å². The first kappa shape index (κ1) is 31.7. The average molecular weight is 630 g/mol. The zero-order valence-corrected chi connectivity index (χ0v) is 26.8. The van der Waals surface area contributed by atoms with Gasteiger partial charge in [0.05, 0.1) is 29.5 Å². The third-order valence-electron chi connectivity index (χ3n) is 7.61. The minimum atomic E-state index is -0.714. The quantitative estimate of drug-likeness (QED) is 0.227. The predicted molar refractivity (Wildman–Crippen MR) is 173 cm³/mol. The van der Waals surface area contributed by atoms with E-state index in [0.29, 0.717) is 63.1 Å². The van der Waals surface area contributed by atoms with Crippen LogP contribution in [0.25, 0.3) is 6.08 Å². The molecule has 0 saturated carbocycles. The first-order valence-corrected chi connectivity index (χ1v) is 15.7. The lowest BCUT2D eigenvalue weighted by Gasteiger charge is -2.29. The number of rotatable bonds is 11. The third-order valence-corrected chi connectivity index (χ3v) is 8.59. The Morgan fingerprint density at radius 2 is 1.73 bits per heavy atom. The summed E-state index contributed by atoms with van der Waals surface area (Å²) >= 11 is 1.26. The highest BCUT2D eigenvalue weighted by Gasteiger charge is 2.35. The zero-order valence-electron chi connectivity index (χ0n) is 26.0. The average Bonchev–Trinajstić information content (AvgIpc) is 3.35. The number of benzene rings is 3. The van der Waals surface area contributed by atoms with E-state index in [-0.39, 0.29) is 23.9 Å². The minimum absolute atomic E-state index is 0.163. The van der Waals surface area contributed by atoms with Crippen molar-refractivity contribution in [1.29, 1.82) is 0 Å². The molecule has 0 saturated heterocycles. The predicted octanol–water partition coefficient (Wildman–Crippen LogP) is 5.23. The summed E-state index contributed by atoms with van der Waals surface area (Å²) in [6, 6.07) is 18.3. The number of hydrogen-bond acceptors (Lipinski definition) is 7. The lowest BCUT2D eigenvalue weighted by molar-refractivity contribution is -0.127. The molecule has 1 aliphatic heterocycles. The third kappa shape index (κ3) is 6.56. The number of methoxy groups -OCH3 is 1. The van der Waals surface area contributed by atoms with Crippen LogP contribution in [0.1, 0.15) is 50.4 Å². The number of aromatic nitrogens is 1. The van der Waals surface area contributed by atoms with Crippen molar-refractivity contribution in [3.05, 3.63) is 120 Å². The fraction of sp³-hybridized carbons (Fsp3) is 0.286. The molecular formula is C35H36FN3O5S. The van der Waals surface area contributed by atoms with Gasteiger partial charge in [0.1, 0.15) is 24.2 Å². The van der Waals surface area contributed by atoms with E-state index in [9.17, 15) is 14.0 Å². The van der Waals surface area contributed by atoms with Gasteiger partial charge in [-0.05, 0) is 75.2 Å². The number of allylic oxidation sites excluding steroid dienone is 1. The minimum Gasteiger partial charge on any atom is -0.496 e. The second-order valence-electron chi connectivity index (χ2n) is 10.4. The summed E-state index contributed by atoms with van der Waals surface area (Å²) in [5.41, 5.74) is 3.02. The van der Waals surface area contributed by atoms with Crippen LogP contribution in [0.15, 0.2) is 87.8 Å². The highest BCUT2D eigenvalue weighted by Crippen LogP contribution is 2.36. The van der Waals surface area contributed by atoms with E-state index < -0.39 is 6.04 Å². The maximum Gasteiger partial charge on any atom is 0.271 e. The van der Waals surface area contributed by atoms with Crippen LogP contribution in [0.3, 0.4) is 0 Å². The number of thiazole rings is 1. The normalized spacial score (nSPS) is 14.5. The molecule has 1 atom stereocenters. The molecule has 0 unspecified atom stereocenters. The zero-order chi connectivity index (χ0) is 32.1. The summed E-state index contributed by atoms with van der Waals surface area (Å²) in [5, 5.41) is 0. The largest absolute Gasteiger partial charge is 0.496 e. The van der Waals surface area contributed by atoms with Crippen LogP contribution in [0, 0.1) is 5.82 Å². The highest BCUT2D eigenvalue weighted by molar-refractivity contribution is 7.07. The Bertz CT molecular complexity index is 1910. The SMILES string of the molecule is CCOc1cc(/C=c2/sc3n(c2=O)[C@H](c2ccccc2OC)C(C(=O)N(CC)CC)=C(C)N=3)ccc1OCc1ccc(F)cc1. The fourth-order valence-corrected chi connectivity index (χ4v) is 6.40. The lowest BCUT2D eigenvalue weighted by atomic mass is 9.94. The molecule has 0 spiro atoms. The van der Waals surface area contributed by atoms with Gasteiger partial charge in [0, 0.05) is 18.7 Å². The number of fused-ring (bicyclic) bond motifs is 1. The summed E-state index contributed by atoms with van der Waals surface area (Å²) in [6.45, 7) is 9.28. The second kappa shape index (κ2) is 13.9. The van der Waals surface area contributed by atoms with E-state index in [1.165, 1.54) is 23.5 Å². The van der Waals surface area contributed by atoms with Crippen LogP contribution in [-0.2, 0) is 11.4 Å². The molecule has 0 aliphatic carbocycles. The topological polar surface area (TPSA) is 82.4 Å². The van der Waals surface area contributed by atoms with Crippen LogP contribution >= 0.6 is 11.3 Å².